The maximum Gasteiger partial charge on any atom is 0.230 e. The first kappa shape index (κ1) is 17.0. The molecule has 1 aliphatic carbocycles. The third kappa shape index (κ3) is 3.59. The third-order valence-electron chi connectivity index (χ3n) is 6.53. The molecule has 3 nitrogen and oxygen atoms in total. The Bertz CT molecular complexity index is 611. The van der Waals surface area contributed by atoms with Crippen LogP contribution in [0.15, 0.2) is 24.3 Å². The van der Waals surface area contributed by atoms with E-state index in [-0.39, 0.29) is 11.2 Å². The third-order valence-corrected chi connectivity index (χ3v) is 6.53. The minimum atomic E-state index is -0.219. The lowest BCUT2D eigenvalue weighted by atomic mass is 9.78. The highest BCUT2D eigenvalue weighted by molar-refractivity contribution is 5.84. The second kappa shape index (κ2) is 7.06. The normalized spacial score (nSPS) is 28.4. The summed E-state index contributed by atoms with van der Waals surface area (Å²) >= 11 is 0. The fraction of sp³-hybridized carbons (Fsp3) is 0.667. The minimum absolute atomic E-state index is 0.156. The molecule has 1 spiro atoms. The SMILES string of the molecule is O=C1N(Cc2ccc(F)cc2)CCCC12CCN(CC1CCCC1)C2. The van der Waals surface area contributed by atoms with Gasteiger partial charge in [0.25, 0.3) is 0 Å². The van der Waals surface area contributed by atoms with Gasteiger partial charge in [0, 0.05) is 26.2 Å². The van der Waals surface area contributed by atoms with Crippen molar-refractivity contribution in [3.05, 3.63) is 35.6 Å². The van der Waals surface area contributed by atoms with Crippen LogP contribution < -0.4 is 0 Å². The predicted octanol–water partition coefficient (Wildman–Crippen LogP) is 3.83. The van der Waals surface area contributed by atoms with E-state index in [0.29, 0.717) is 12.5 Å². The average Bonchev–Trinajstić information content (AvgIpc) is 3.25. The van der Waals surface area contributed by atoms with Gasteiger partial charge in [-0.15, -0.1) is 0 Å². The van der Waals surface area contributed by atoms with Gasteiger partial charge in [-0.3, -0.25) is 4.79 Å². The van der Waals surface area contributed by atoms with Crippen LogP contribution in [0.4, 0.5) is 4.39 Å². The van der Waals surface area contributed by atoms with Crippen molar-refractivity contribution >= 4 is 5.91 Å². The van der Waals surface area contributed by atoms with Gasteiger partial charge in [-0.2, -0.15) is 0 Å². The molecule has 2 heterocycles. The molecular formula is C21H29FN2O. The summed E-state index contributed by atoms with van der Waals surface area (Å²) in [5, 5.41) is 0. The maximum absolute atomic E-state index is 13.2. The molecule has 0 radical (unpaired) electrons. The molecule has 3 fully saturated rings. The van der Waals surface area contributed by atoms with Gasteiger partial charge in [0.15, 0.2) is 0 Å². The molecular weight excluding hydrogens is 315 g/mol. The van der Waals surface area contributed by atoms with Crippen molar-refractivity contribution < 1.29 is 9.18 Å². The molecule has 1 saturated carbocycles. The number of hydrogen-bond acceptors (Lipinski definition) is 2. The molecule has 0 N–H and O–H groups in total. The van der Waals surface area contributed by atoms with Crippen LogP contribution in [0, 0.1) is 17.2 Å². The predicted molar refractivity (Wildman–Crippen MR) is 96.5 cm³/mol. The summed E-state index contributed by atoms with van der Waals surface area (Å²) < 4.78 is 13.1. The number of halogens is 1. The summed E-state index contributed by atoms with van der Waals surface area (Å²) in [5.41, 5.74) is 0.865. The molecule has 1 aromatic rings. The first-order valence-corrected chi connectivity index (χ1v) is 9.91. The van der Waals surface area contributed by atoms with Gasteiger partial charge < -0.3 is 9.80 Å². The number of benzene rings is 1. The number of piperidine rings is 1. The molecule has 136 valence electrons. The van der Waals surface area contributed by atoms with Crippen molar-refractivity contribution in [1.29, 1.82) is 0 Å². The average molecular weight is 344 g/mol. The maximum atomic E-state index is 13.2. The Morgan fingerprint density at radius 3 is 2.56 bits per heavy atom. The Kier molecular flexibility index (Phi) is 4.81. The Morgan fingerprint density at radius 1 is 1.04 bits per heavy atom. The van der Waals surface area contributed by atoms with Crippen molar-refractivity contribution in [1.82, 2.24) is 9.80 Å². The van der Waals surface area contributed by atoms with Gasteiger partial charge in [0.1, 0.15) is 5.82 Å². The number of carbonyl (C=O) groups excluding carboxylic acids is 1. The Morgan fingerprint density at radius 2 is 1.80 bits per heavy atom. The molecule has 2 aliphatic heterocycles. The summed E-state index contributed by atoms with van der Waals surface area (Å²) in [6.45, 7) is 4.66. The van der Waals surface area contributed by atoms with Gasteiger partial charge in [-0.1, -0.05) is 25.0 Å². The van der Waals surface area contributed by atoms with Crippen molar-refractivity contribution in [3.8, 4) is 0 Å². The molecule has 1 unspecified atom stereocenters. The largest absolute Gasteiger partial charge is 0.338 e. The summed E-state index contributed by atoms with van der Waals surface area (Å²) in [5.74, 6) is 0.963. The Labute approximate surface area is 150 Å². The fourth-order valence-electron chi connectivity index (χ4n) is 5.16. The lowest BCUT2D eigenvalue weighted by molar-refractivity contribution is -0.146. The summed E-state index contributed by atoms with van der Waals surface area (Å²) in [6, 6.07) is 6.56. The molecule has 1 atom stereocenters. The molecule has 0 bridgehead atoms. The molecule has 2 saturated heterocycles. The number of amides is 1. The number of likely N-dealkylation sites (tertiary alicyclic amines) is 2. The van der Waals surface area contributed by atoms with E-state index in [2.05, 4.69) is 4.90 Å². The molecule has 1 amide bonds. The van der Waals surface area contributed by atoms with Crippen molar-refractivity contribution in [3.63, 3.8) is 0 Å². The lowest BCUT2D eigenvalue weighted by Gasteiger charge is -2.39. The van der Waals surface area contributed by atoms with Gasteiger partial charge in [-0.05, 0) is 62.3 Å². The van der Waals surface area contributed by atoms with Gasteiger partial charge in [0.2, 0.25) is 5.91 Å². The molecule has 4 heteroatoms. The summed E-state index contributed by atoms with van der Waals surface area (Å²) in [6.07, 6.45) is 8.64. The topological polar surface area (TPSA) is 23.6 Å². The van der Waals surface area contributed by atoms with E-state index in [1.807, 2.05) is 4.90 Å². The highest BCUT2D eigenvalue weighted by Crippen LogP contribution is 2.41. The number of nitrogens with zero attached hydrogens (tertiary/aromatic N) is 2. The Hall–Kier alpha value is -1.42. The highest BCUT2D eigenvalue weighted by atomic mass is 19.1. The first-order chi connectivity index (χ1) is 12.1. The zero-order chi connectivity index (χ0) is 17.3. The second-order valence-electron chi connectivity index (χ2n) is 8.37. The van der Waals surface area contributed by atoms with Crippen LogP contribution in [0.5, 0.6) is 0 Å². The van der Waals surface area contributed by atoms with E-state index in [9.17, 15) is 9.18 Å². The molecule has 3 aliphatic rings. The lowest BCUT2D eigenvalue weighted by Crippen LogP contribution is -2.49. The van der Waals surface area contributed by atoms with Gasteiger partial charge in [0.05, 0.1) is 5.41 Å². The van der Waals surface area contributed by atoms with Crippen LogP contribution in [-0.4, -0.2) is 41.9 Å². The summed E-state index contributed by atoms with van der Waals surface area (Å²) in [7, 11) is 0. The fourth-order valence-corrected chi connectivity index (χ4v) is 5.16. The molecule has 4 rings (SSSR count). The van der Waals surface area contributed by atoms with E-state index in [1.54, 1.807) is 12.1 Å². The molecule has 1 aromatic carbocycles. The van der Waals surface area contributed by atoms with Crippen molar-refractivity contribution in [2.75, 3.05) is 26.2 Å². The van der Waals surface area contributed by atoms with E-state index in [1.165, 1.54) is 44.4 Å². The zero-order valence-corrected chi connectivity index (χ0v) is 15.1. The standard InChI is InChI=1S/C21H29FN2O/c22-19-8-6-18(7-9-19)15-24-12-3-10-21(20(24)25)11-13-23(16-21)14-17-4-1-2-5-17/h6-9,17H,1-5,10-16H2. The number of carbonyl (C=O) groups is 1. The van der Waals surface area contributed by atoms with Crippen LogP contribution in [0.25, 0.3) is 0 Å². The van der Waals surface area contributed by atoms with E-state index in [4.69, 9.17) is 0 Å². The van der Waals surface area contributed by atoms with E-state index < -0.39 is 0 Å². The van der Waals surface area contributed by atoms with E-state index in [0.717, 1.165) is 50.4 Å². The first-order valence-electron chi connectivity index (χ1n) is 9.91. The zero-order valence-electron chi connectivity index (χ0n) is 15.1. The van der Waals surface area contributed by atoms with Crippen LogP contribution in [0.3, 0.4) is 0 Å². The number of hydrogen-bond donors (Lipinski definition) is 0. The monoisotopic (exact) mass is 344 g/mol. The quantitative estimate of drug-likeness (QED) is 0.829. The van der Waals surface area contributed by atoms with Crippen LogP contribution in [0.2, 0.25) is 0 Å². The smallest absolute Gasteiger partial charge is 0.230 e. The highest BCUT2D eigenvalue weighted by Gasteiger charge is 2.48. The van der Waals surface area contributed by atoms with Crippen LogP contribution in [-0.2, 0) is 11.3 Å². The summed E-state index contributed by atoms with van der Waals surface area (Å²) in [4.78, 5) is 17.8. The van der Waals surface area contributed by atoms with Gasteiger partial charge >= 0.3 is 0 Å². The van der Waals surface area contributed by atoms with Crippen LogP contribution >= 0.6 is 0 Å². The molecule has 25 heavy (non-hydrogen) atoms. The van der Waals surface area contributed by atoms with Gasteiger partial charge in [-0.25, -0.2) is 4.39 Å². The van der Waals surface area contributed by atoms with E-state index >= 15 is 0 Å². The van der Waals surface area contributed by atoms with Crippen molar-refractivity contribution in [2.24, 2.45) is 11.3 Å². The number of rotatable bonds is 4. The molecule has 0 aromatic heterocycles. The van der Waals surface area contributed by atoms with Crippen molar-refractivity contribution in [2.45, 2.75) is 51.5 Å². The minimum Gasteiger partial charge on any atom is -0.338 e. The second-order valence-corrected chi connectivity index (χ2v) is 8.37. The van der Waals surface area contributed by atoms with Crippen LogP contribution in [0.1, 0.15) is 50.5 Å². The Balaban J connectivity index is 1.40.